The Morgan fingerprint density at radius 2 is 2.14 bits per heavy atom. The van der Waals surface area contributed by atoms with Crippen molar-refractivity contribution in [2.45, 2.75) is 71.4 Å². The van der Waals surface area contributed by atoms with E-state index in [1.54, 1.807) is 0 Å². The Morgan fingerprint density at radius 3 is 2.73 bits per heavy atom. The van der Waals surface area contributed by atoms with Gasteiger partial charge in [0.1, 0.15) is 6.04 Å². The van der Waals surface area contributed by atoms with Crippen molar-refractivity contribution >= 4 is 11.7 Å². The van der Waals surface area contributed by atoms with Crippen LogP contribution in [0.2, 0.25) is 0 Å². The molecule has 0 aromatic heterocycles. The molecule has 1 heterocycles. The highest BCUT2D eigenvalue weighted by atomic mass is 16.5. The number of benzene rings is 1. The maximum absolute atomic E-state index is 12.4. The molecule has 0 unspecified atom stereocenters. The number of hydrogen-bond donors (Lipinski definition) is 0. The quantitative estimate of drug-likeness (QED) is 0.771. The minimum Gasteiger partial charge on any atom is -0.467 e. The van der Waals surface area contributed by atoms with E-state index in [0.29, 0.717) is 5.92 Å². The summed E-state index contributed by atoms with van der Waals surface area (Å²) in [6.45, 7) is 11.0. The Kier molecular flexibility index (Phi) is 4.84. The van der Waals surface area contributed by atoms with Gasteiger partial charge in [-0.2, -0.15) is 0 Å². The number of hydrogen-bond acceptors (Lipinski definition) is 3. The smallest absolute Gasteiger partial charge is 0.328 e. The van der Waals surface area contributed by atoms with Crippen LogP contribution in [0, 0.1) is 6.92 Å². The summed E-state index contributed by atoms with van der Waals surface area (Å²) in [5.74, 6) is 0.374. The molecule has 3 nitrogen and oxygen atoms in total. The highest BCUT2D eigenvalue weighted by Crippen LogP contribution is 2.45. The van der Waals surface area contributed by atoms with E-state index in [2.05, 4.69) is 57.7 Å². The number of esters is 1. The van der Waals surface area contributed by atoms with Gasteiger partial charge in [0.25, 0.3) is 0 Å². The molecule has 0 aliphatic carbocycles. The number of carbonyl (C=O) groups excluding carboxylic acids is 1. The fourth-order valence-electron chi connectivity index (χ4n) is 3.91. The first-order valence-electron chi connectivity index (χ1n) is 8.29. The molecule has 1 aliphatic heterocycles. The predicted molar refractivity (Wildman–Crippen MR) is 91.5 cm³/mol. The van der Waals surface area contributed by atoms with Crippen molar-refractivity contribution < 1.29 is 9.53 Å². The number of methoxy groups -OCH3 is 1. The summed E-state index contributed by atoms with van der Waals surface area (Å²) in [7, 11) is 1.49. The largest absolute Gasteiger partial charge is 0.467 e. The molecule has 0 N–H and O–H groups in total. The van der Waals surface area contributed by atoms with Crippen molar-refractivity contribution in [2.75, 3.05) is 12.0 Å². The summed E-state index contributed by atoms with van der Waals surface area (Å²) >= 11 is 0. The highest BCUT2D eigenvalue weighted by Gasteiger charge is 2.42. The van der Waals surface area contributed by atoms with E-state index in [9.17, 15) is 4.79 Å². The molecule has 22 heavy (non-hydrogen) atoms. The van der Waals surface area contributed by atoms with E-state index in [1.807, 2.05) is 0 Å². The van der Waals surface area contributed by atoms with Gasteiger partial charge < -0.3 is 9.64 Å². The summed E-state index contributed by atoms with van der Waals surface area (Å²) in [6, 6.07) is 6.40. The summed E-state index contributed by atoms with van der Waals surface area (Å²) in [5.41, 5.74) is 3.71. The lowest BCUT2D eigenvalue weighted by Crippen LogP contribution is -2.56. The molecule has 0 fully saturated rings. The number of anilines is 1. The average Bonchev–Trinajstić information content (AvgIpc) is 2.44. The van der Waals surface area contributed by atoms with E-state index in [4.69, 9.17) is 4.74 Å². The van der Waals surface area contributed by atoms with Gasteiger partial charge in [0.15, 0.2) is 0 Å². The number of rotatable bonds is 4. The Morgan fingerprint density at radius 1 is 1.45 bits per heavy atom. The monoisotopic (exact) mass is 303 g/mol. The molecular weight excluding hydrogens is 274 g/mol. The van der Waals surface area contributed by atoms with Crippen LogP contribution < -0.4 is 4.90 Å². The third-order valence-corrected chi connectivity index (χ3v) is 4.78. The van der Waals surface area contributed by atoms with Gasteiger partial charge in [0.2, 0.25) is 0 Å². The molecule has 2 rings (SSSR count). The Hall–Kier alpha value is -1.51. The number of ether oxygens (including phenoxy) is 1. The molecule has 1 aromatic rings. The molecule has 2 atom stereocenters. The average molecular weight is 303 g/mol. The van der Waals surface area contributed by atoms with Crippen molar-refractivity contribution in [3.8, 4) is 0 Å². The highest BCUT2D eigenvalue weighted by molar-refractivity contribution is 5.81. The van der Waals surface area contributed by atoms with Crippen LogP contribution in [0.15, 0.2) is 18.2 Å². The van der Waals surface area contributed by atoms with Crippen LogP contribution in [0.3, 0.4) is 0 Å². The van der Waals surface area contributed by atoms with Crippen LogP contribution in [-0.2, 0) is 9.53 Å². The normalized spacial score (nSPS) is 21.2. The number of fused-ring (bicyclic) bond motifs is 1. The van der Waals surface area contributed by atoms with Crippen molar-refractivity contribution in [1.29, 1.82) is 0 Å². The molecule has 3 heteroatoms. The van der Waals surface area contributed by atoms with Crippen molar-refractivity contribution in [2.24, 2.45) is 0 Å². The van der Waals surface area contributed by atoms with Crippen LogP contribution in [-0.4, -0.2) is 24.7 Å². The lowest BCUT2D eigenvalue weighted by Gasteiger charge is -2.50. The Balaban J connectivity index is 2.57. The van der Waals surface area contributed by atoms with Crippen molar-refractivity contribution in [3.05, 3.63) is 29.3 Å². The zero-order chi connectivity index (χ0) is 16.5. The third kappa shape index (κ3) is 2.99. The van der Waals surface area contributed by atoms with Crippen LogP contribution >= 0.6 is 0 Å². The van der Waals surface area contributed by atoms with E-state index < -0.39 is 0 Å². The third-order valence-electron chi connectivity index (χ3n) is 4.78. The zero-order valence-electron chi connectivity index (χ0n) is 14.8. The van der Waals surface area contributed by atoms with E-state index in [-0.39, 0.29) is 17.6 Å². The standard InChI is InChI=1S/C19H29NO2/c1-7-8-16(18(21)22-6)20-17-11-13(2)9-10-15(17)14(3)12-19(20,4)5/h9-11,14,16H,7-8,12H2,1-6H3/t14-,16+/m1/s1. The summed E-state index contributed by atoms with van der Waals surface area (Å²) in [4.78, 5) is 14.7. The van der Waals surface area contributed by atoms with E-state index in [1.165, 1.54) is 23.9 Å². The molecular formula is C19H29NO2. The Bertz CT molecular complexity index is 550. The second-order valence-electron chi connectivity index (χ2n) is 7.18. The maximum Gasteiger partial charge on any atom is 0.328 e. The molecule has 0 spiro atoms. The maximum atomic E-state index is 12.4. The zero-order valence-corrected chi connectivity index (χ0v) is 14.8. The van der Waals surface area contributed by atoms with Crippen LogP contribution in [0.4, 0.5) is 5.69 Å². The Labute approximate surface area is 134 Å². The first-order chi connectivity index (χ1) is 10.3. The van der Waals surface area contributed by atoms with Gasteiger partial charge in [-0.1, -0.05) is 32.4 Å². The SMILES string of the molecule is CCC[C@@H](C(=O)OC)N1c2cc(C)ccc2[C@H](C)CC1(C)C. The minimum atomic E-state index is -0.210. The molecule has 0 radical (unpaired) electrons. The fourth-order valence-corrected chi connectivity index (χ4v) is 3.91. The van der Waals surface area contributed by atoms with Gasteiger partial charge >= 0.3 is 5.97 Å². The van der Waals surface area contributed by atoms with Gasteiger partial charge in [-0.25, -0.2) is 4.79 Å². The summed E-state index contributed by atoms with van der Waals surface area (Å²) in [5, 5.41) is 0. The second-order valence-corrected chi connectivity index (χ2v) is 7.18. The van der Waals surface area contributed by atoms with Crippen LogP contribution in [0.1, 0.15) is 64.0 Å². The van der Waals surface area contributed by atoms with Crippen molar-refractivity contribution in [1.82, 2.24) is 0 Å². The fraction of sp³-hybridized carbons (Fsp3) is 0.632. The van der Waals surface area contributed by atoms with E-state index >= 15 is 0 Å². The summed E-state index contributed by atoms with van der Waals surface area (Å²) in [6.07, 6.45) is 2.82. The minimum absolute atomic E-state index is 0.0613. The molecule has 1 aromatic carbocycles. The molecule has 0 bridgehead atoms. The first kappa shape index (κ1) is 16.9. The van der Waals surface area contributed by atoms with Gasteiger partial charge in [-0.3, -0.25) is 0 Å². The number of nitrogens with zero attached hydrogens (tertiary/aromatic N) is 1. The number of carbonyl (C=O) groups is 1. The van der Waals surface area contributed by atoms with Crippen LogP contribution in [0.25, 0.3) is 0 Å². The lowest BCUT2D eigenvalue weighted by atomic mass is 9.78. The number of aryl methyl sites for hydroxylation is 1. The topological polar surface area (TPSA) is 29.5 Å². The van der Waals surface area contributed by atoms with Gasteiger partial charge in [-0.05, 0) is 56.7 Å². The van der Waals surface area contributed by atoms with Gasteiger partial charge in [-0.15, -0.1) is 0 Å². The van der Waals surface area contributed by atoms with Crippen molar-refractivity contribution in [3.63, 3.8) is 0 Å². The lowest BCUT2D eigenvalue weighted by molar-refractivity contribution is -0.142. The predicted octanol–water partition coefficient (Wildman–Crippen LogP) is 4.43. The first-order valence-corrected chi connectivity index (χ1v) is 8.29. The molecule has 0 saturated heterocycles. The summed E-state index contributed by atoms with van der Waals surface area (Å²) < 4.78 is 5.10. The molecule has 1 aliphatic rings. The molecule has 0 amide bonds. The molecule has 122 valence electrons. The molecule has 0 saturated carbocycles. The van der Waals surface area contributed by atoms with Gasteiger partial charge in [0, 0.05) is 11.2 Å². The van der Waals surface area contributed by atoms with Gasteiger partial charge in [0.05, 0.1) is 7.11 Å². The van der Waals surface area contributed by atoms with E-state index in [0.717, 1.165) is 19.3 Å². The van der Waals surface area contributed by atoms with Crippen LogP contribution in [0.5, 0.6) is 0 Å². The second kappa shape index (κ2) is 6.31.